The van der Waals surface area contributed by atoms with Crippen LogP contribution in [0.5, 0.6) is 0 Å². The van der Waals surface area contributed by atoms with E-state index in [-0.39, 0.29) is 0 Å². The summed E-state index contributed by atoms with van der Waals surface area (Å²) in [5.74, 6) is 10.1. The first-order valence-corrected chi connectivity index (χ1v) is 15.8. The molecule has 196 valence electrons. The molecule has 0 aromatic heterocycles. The Morgan fingerprint density at radius 2 is 1.74 bits per heavy atom. The van der Waals surface area contributed by atoms with Gasteiger partial charge in [-0.25, -0.2) is 0 Å². The summed E-state index contributed by atoms with van der Waals surface area (Å²) >= 11 is 0. The number of hydrogen-bond acceptors (Lipinski definition) is 0. The van der Waals surface area contributed by atoms with E-state index in [1.54, 1.807) is 12.0 Å². The fourth-order valence-corrected chi connectivity index (χ4v) is 9.88. The van der Waals surface area contributed by atoms with Gasteiger partial charge in [-0.15, -0.1) is 0 Å². The predicted molar refractivity (Wildman–Crippen MR) is 150 cm³/mol. The van der Waals surface area contributed by atoms with Gasteiger partial charge in [0.05, 0.1) is 0 Å². The fraction of sp³-hybridized carbons (Fsp3) is 0.941. The second kappa shape index (κ2) is 10.2. The summed E-state index contributed by atoms with van der Waals surface area (Å²) in [4.78, 5) is 0. The van der Waals surface area contributed by atoms with Gasteiger partial charge in [-0.3, -0.25) is 0 Å². The molecule has 0 aromatic rings. The molecule has 12 unspecified atom stereocenters. The van der Waals surface area contributed by atoms with E-state index < -0.39 is 0 Å². The summed E-state index contributed by atoms with van der Waals surface area (Å²) in [5, 5.41) is 0. The van der Waals surface area contributed by atoms with Crippen LogP contribution in [-0.2, 0) is 0 Å². The van der Waals surface area contributed by atoms with Gasteiger partial charge in [0.15, 0.2) is 0 Å². The molecule has 0 aliphatic heterocycles. The Morgan fingerprint density at radius 3 is 2.32 bits per heavy atom. The molecule has 0 N–H and O–H groups in total. The third-order valence-electron chi connectivity index (χ3n) is 12.7. The molecule has 0 heterocycles. The minimum Gasteiger partial charge on any atom is -0.0879 e. The average Bonchev–Trinajstić information content (AvgIpc) is 3.71. The molecule has 0 amide bonds. The van der Waals surface area contributed by atoms with E-state index in [0.29, 0.717) is 5.41 Å². The van der Waals surface area contributed by atoms with Gasteiger partial charge in [0.1, 0.15) is 0 Å². The Kier molecular flexibility index (Phi) is 8.07. The van der Waals surface area contributed by atoms with Gasteiger partial charge in [-0.2, -0.15) is 0 Å². The summed E-state index contributed by atoms with van der Waals surface area (Å²) in [6, 6.07) is 0. The summed E-state index contributed by atoms with van der Waals surface area (Å²) in [5.41, 5.74) is 3.07. The van der Waals surface area contributed by atoms with Crippen LogP contribution in [0.1, 0.15) is 133 Å². The summed E-state index contributed by atoms with van der Waals surface area (Å²) < 4.78 is 0. The largest absolute Gasteiger partial charge is 0.0879 e. The van der Waals surface area contributed by atoms with Gasteiger partial charge in [-0.1, -0.05) is 99.1 Å². The molecule has 4 aliphatic carbocycles. The van der Waals surface area contributed by atoms with Gasteiger partial charge in [0, 0.05) is 0 Å². The van der Waals surface area contributed by atoms with E-state index >= 15 is 0 Å². The molecule has 4 saturated carbocycles. The zero-order valence-electron chi connectivity index (χ0n) is 24.6. The molecule has 0 nitrogen and oxygen atoms in total. The normalized spacial score (nSPS) is 46.8. The van der Waals surface area contributed by atoms with E-state index in [9.17, 15) is 0 Å². The van der Waals surface area contributed by atoms with Crippen LogP contribution < -0.4 is 0 Å². The van der Waals surface area contributed by atoms with Crippen molar-refractivity contribution in [2.45, 2.75) is 133 Å². The highest BCUT2D eigenvalue weighted by Crippen LogP contribution is 2.76. The van der Waals surface area contributed by atoms with E-state index in [2.05, 4.69) is 68.4 Å². The number of rotatable bonds is 15. The van der Waals surface area contributed by atoms with Crippen LogP contribution >= 0.6 is 0 Å². The molecule has 4 fully saturated rings. The lowest BCUT2D eigenvalue weighted by Gasteiger charge is -2.19. The highest BCUT2D eigenvalue weighted by Gasteiger charge is 2.70. The van der Waals surface area contributed by atoms with E-state index in [1.807, 2.05) is 0 Å². The van der Waals surface area contributed by atoms with Crippen molar-refractivity contribution >= 4 is 0 Å². The van der Waals surface area contributed by atoms with Crippen LogP contribution in [0.3, 0.4) is 0 Å². The molecule has 12 atom stereocenters. The minimum absolute atomic E-state index is 0.514. The van der Waals surface area contributed by atoms with Gasteiger partial charge >= 0.3 is 0 Å². The summed E-state index contributed by atoms with van der Waals surface area (Å²) in [6.45, 7) is 22.4. The third kappa shape index (κ3) is 4.84. The SMILES string of the molecule is CC=C(CCCC(C)CCC)C1(C)C(C)C1CCCC(C)C1CC1C1C(C)C1C1(CC)CC1C. The molecule has 0 bridgehead atoms. The summed E-state index contributed by atoms with van der Waals surface area (Å²) in [6.07, 6.45) is 18.4. The van der Waals surface area contributed by atoms with Crippen LogP contribution in [0.2, 0.25) is 0 Å². The van der Waals surface area contributed by atoms with Crippen LogP contribution in [-0.4, -0.2) is 0 Å². The first kappa shape index (κ1) is 26.8. The zero-order chi connectivity index (χ0) is 24.8. The first-order chi connectivity index (χ1) is 16.2. The minimum atomic E-state index is 0.514. The summed E-state index contributed by atoms with van der Waals surface area (Å²) in [7, 11) is 0. The smallest absolute Gasteiger partial charge is 0.00568 e. The van der Waals surface area contributed by atoms with Gasteiger partial charge in [-0.05, 0) is 115 Å². The van der Waals surface area contributed by atoms with Crippen molar-refractivity contribution in [2.24, 2.45) is 70.0 Å². The Bertz CT molecular complexity index is 714. The van der Waals surface area contributed by atoms with Crippen molar-refractivity contribution in [3.63, 3.8) is 0 Å². The molecule has 0 aromatic carbocycles. The average molecular weight is 469 g/mol. The van der Waals surface area contributed by atoms with Crippen molar-refractivity contribution in [1.82, 2.24) is 0 Å². The third-order valence-corrected chi connectivity index (χ3v) is 12.7. The molecule has 34 heavy (non-hydrogen) atoms. The number of allylic oxidation sites excluding steroid dienone is 2. The number of hydrogen-bond donors (Lipinski definition) is 0. The highest BCUT2D eigenvalue weighted by molar-refractivity contribution is 5.26. The first-order valence-electron chi connectivity index (χ1n) is 15.8. The Hall–Kier alpha value is -0.260. The molecule has 0 saturated heterocycles. The second-order valence-corrected chi connectivity index (χ2v) is 14.4. The standard InChI is InChI=1S/C34H60/c1-10-15-22(4)16-13-18-27(11-2)33(9)26(8)30(33)19-14-17-23(5)28-20-29(28)31-25(7)32(31)34(12-3)21-24(34)6/h11,22-26,28-32H,10,12-21H2,1-9H3. The Balaban J connectivity index is 1.17. The van der Waals surface area contributed by atoms with Crippen LogP contribution in [0.15, 0.2) is 11.6 Å². The quantitative estimate of drug-likeness (QED) is 0.210. The molecule has 0 radical (unpaired) electrons. The molecule has 4 aliphatic rings. The Labute approximate surface area is 214 Å². The maximum absolute atomic E-state index is 2.60. The molecular formula is C34H60. The topological polar surface area (TPSA) is 0 Å². The van der Waals surface area contributed by atoms with E-state index in [4.69, 9.17) is 0 Å². The van der Waals surface area contributed by atoms with Gasteiger partial charge in [0.2, 0.25) is 0 Å². The van der Waals surface area contributed by atoms with Crippen LogP contribution in [0.25, 0.3) is 0 Å². The maximum Gasteiger partial charge on any atom is -0.00568 e. The second-order valence-electron chi connectivity index (χ2n) is 14.4. The van der Waals surface area contributed by atoms with Crippen molar-refractivity contribution in [3.05, 3.63) is 11.6 Å². The van der Waals surface area contributed by atoms with Crippen LogP contribution in [0, 0.1) is 70.0 Å². The molecular weight excluding hydrogens is 408 g/mol. The van der Waals surface area contributed by atoms with Crippen molar-refractivity contribution in [3.8, 4) is 0 Å². The predicted octanol–water partition coefficient (Wildman–Crippen LogP) is 10.6. The van der Waals surface area contributed by atoms with Gasteiger partial charge in [0.25, 0.3) is 0 Å². The molecule has 0 spiro atoms. The molecule has 0 heteroatoms. The molecule has 4 rings (SSSR count). The Morgan fingerprint density at radius 1 is 1.03 bits per heavy atom. The highest BCUT2D eigenvalue weighted by atomic mass is 14.7. The zero-order valence-corrected chi connectivity index (χ0v) is 24.6. The van der Waals surface area contributed by atoms with Crippen molar-refractivity contribution < 1.29 is 0 Å². The van der Waals surface area contributed by atoms with E-state index in [0.717, 1.165) is 64.6 Å². The lowest BCUT2D eigenvalue weighted by Crippen LogP contribution is -2.08. The van der Waals surface area contributed by atoms with Gasteiger partial charge < -0.3 is 0 Å². The van der Waals surface area contributed by atoms with Crippen LogP contribution in [0.4, 0.5) is 0 Å². The lowest BCUT2D eigenvalue weighted by molar-refractivity contribution is 0.335. The monoisotopic (exact) mass is 468 g/mol. The maximum atomic E-state index is 2.60. The fourth-order valence-electron chi connectivity index (χ4n) is 9.88. The lowest BCUT2D eigenvalue weighted by atomic mass is 9.86. The van der Waals surface area contributed by atoms with Crippen molar-refractivity contribution in [1.29, 1.82) is 0 Å². The van der Waals surface area contributed by atoms with E-state index in [1.165, 1.54) is 64.2 Å². The van der Waals surface area contributed by atoms with Crippen molar-refractivity contribution in [2.75, 3.05) is 0 Å².